The van der Waals surface area contributed by atoms with Gasteiger partial charge in [-0.25, -0.2) is 4.79 Å². The van der Waals surface area contributed by atoms with Crippen LogP contribution in [0.1, 0.15) is 38.7 Å². The van der Waals surface area contributed by atoms with Crippen LogP contribution in [0.5, 0.6) is 0 Å². The van der Waals surface area contributed by atoms with Crippen LogP contribution in [0.15, 0.2) is 30.3 Å². The van der Waals surface area contributed by atoms with E-state index < -0.39 is 0 Å². The zero-order chi connectivity index (χ0) is 16.7. The average molecular weight is 320 g/mol. The first-order chi connectivity index (χ1) is 11.1. The Morgan fingerprint density at radius 3 is 2.57 bits per heavy atom. The molecule has 2 unspecified atom stereocenters. The normalized spacial score (nSPS) is 25.1. The van der Waals surface area contributed by atoms with Gasteiger partial charge in [-0.15, -0.1) is 0 Å². The van der Waals surface area contributed by atoms with Gasteiger partial charge >= 0.3 is 6.09 Å². The Kier molecular flexibility index (Phi) is 6.86. The molecule has 1 amide bonds. The fraction of sp³-hybridized carbons (Fsp3) is 0.611. The molecule has 1 fully saturated rings. The molecule has 2 rings (SSSR count). The van der Waals surface area contributed by atoms with Crippen LogP contribution in [-0.2, 0) is 11.3 Å². The van der Waals surface area contributed by atoms with E-state index in [1.54, 1.807) is 0 Å². The minimum Gasteiger partial charge on any atom is -0.445 e. The molecule has 0 saturated carbocycles. The van der Waals surface area contributed by atoms with Crippen molar-refractivity contribution in [1.82, 2.24) is 10.2 Å². The minimum absolute atomic E-state index is 0.178. The van der Waals surface area contributed by atoms with Crippen molar-refractivity contribution in [3.05, 3.63) is 35.9 Å². The lowest BCUT2D eigenvalue weighted by Crippen LogP contribution is -2.49. The summed E-state index contributed by atoms with van der Waals surface area (Å²) in [6, 6.07) is 10.4. The van der Waals surface area contributed by atoms with Crippen LogP contribution in [0.2, 0.25) is 0 Å². The van der Waals surface area contributed by atoms with Gasteiger partial charge < -0.3 is 15.2 Å². The monoisotopic (exact) mass is 320 g/mol. The van der Waals surface area contributed by atoms with Crippen molar-refractivity contribution in [3.8, 4) is 0 Å². The predicted octanol–water partition coefficient (Wildman–Crippen LogP) is 2.54. The van der Waals surface area contributed by atoms with Gasteiger partial charge in [0.15, 0.2) is 0 Å². The molecular weight excluding hydrogens is 292 g/mol. The molecule has 0 aromatic heterocycles. The molecule has 0 aliphatic carbocycles. The van der Waals surface area contributed by atoms with Gasteiger partial charge in [0.25, 0.3) is 0 Å². The van der Waals surface area contributed by atoms with Crippen molar-refractivity contribution in [3.63, 3.8) is 0 Å². The Morgan fingerprint density at radius 1 is 1.26 bits per heavy atom. The number of likely N-dealkylation sites (tertiary alicyclic amines) is 1. The van der Waals surface area contributed by atoms with Crippen molar-refractivity contribution in [1.29, 1.82) is 0 Å². The van der Waals surface area contributed by atoms with Crippen LogP contribution in [0, 0.1) is 0 Å². The van der Waals surface area contributed by atoms with Crippen molar-refractivity contribution < 1.29 is 14.6 Å². The van der Waals surface area contributed by atoms with Gasteiger partial charge in [-0.1, -0.05) is 30.3 Å². The number of hydrogen-bond acceptors (Lipinski definition) is 4. The topological polar surface area (TPSA) is 61.8 Å². The molecule has 0 bridgehead atoms. The lowest BCUT2D eigenvalue weighted by molar-refractivity contribution is 0.0130. The highest BCUT2D eigenvalue weighted by atomic mass is 16.5. The number of aliphatic hydroxyl groups excluding tert-OH is 1. The fourth-order valence-electron chi connectivity index (χ4n) is 3.26. The van der Waals surface area contributed by atoms with Crippen LogP contribution >= 0.6 is 0 Å². The SMILES string of the molecule is CC1CC(O)CC(C)N1CCCNC(=O)OCc1ccccc1. The largest absolute Gasteiger partial charge is 0.445 e. The lowest BCUT2D eigenvalue weighted by Gasteiger charge is -2.41. The Labute approximate surface area is 138 Å². The Balaban J connectivity index is 1.60. The van der Waals surface area contributed by atoms with Gasteiger partial charge in [-0.3, -0.25) is 4.90 Å². The highest BCUT2D eigenvalue weighted by Crippen LogP contribution is 2.22. The van der Waals surface area contributed by atoms with E-state index in [-0.39, 0.29) is 12.2 Å². The summed E-state index contributed by atoms with van der Waals surface area (Å²) in [6.07, 6.45) is 1.99. The number of nitrogens with one attached hydrogen (secondary N) is 1. The highest BCUT2D eigenvalue weighted by molar-refractivity contribution is 5.67. The molecule has 2 N–H and O–H groups in total. The smallest absolute Gasteiger partial charge is 0.407 e. The molecule has 2 atom stereocenters. The van der Waals surface area contributed by atoms with E-state index in [9.17, 15) is 9.90 Å². The summed E-state index contributed by atoms with van der Waals surface area (Å²) in [5, 5.41) is 12.6. The van der Waals surface area contributed by atoms with Crippen LogP contribution in [0.4, 0.5) is 4.79 Å². The van der Waals surface area contributed by atoms with Gasteiger partial charge in [-0.2, -0.15) is 0 Å². The number of aliphatic hydroxyl groups is 1. The maximum absolute atomic E-state index is 11.7. The molecule has 1 heterocycles. The summed E-state index contributed by atoms with van der Waals surface area (Å²) in [4.78, 5) is 14.1. The molecule has 1 aromatic rings. The summed E-state index contributed by atoms with van der Waals surface area (Å²) in [5.41, 5.74) is 0.983. The third kappa shape index (κ3) is 5.84. The number of rotatable bonds is 6. The zero-order valence-electron chi connectivity index (χ0n) is 14.1. The number of nitrogens with zero attached hydrogens (tertiary/aromatic N) is 1. The second-order valence-electron chi connectivity index (χ2n) is 6.40. The summed E-state index contributed by atoms with van der Waals surface area (Å²) >= 11 is 0. The van der Waals surface area contributed by atoms with E-state index >= 15 is 0 Å². The van der Waals surface area contributed by atoms with E-state index in [0.29, 0.717) is 25.2 Å². The number of hydrogen-bond donors (Lipinski definition) is 2. The van der Waals surface area contributed by atoms with E-state index in [1.165, 1.54) is 0 Å². The average Bonchev–Trinajstić information content (AvgIpc) is 2.52. The predicted molar refractivity (Wildman–Crippen MR) is 90.1 cm³/mol. The maximum atomic E-state index is 11.7. The third-order valence-corrected chi connectivity index (χ3v) is 4.43. The summed E-state index contributed by atoms with van der Waals surface area (Å²) in [7, 11) is 0. The fourth-order valence-corrected chi connectivity index (χ4v) is 3.26. The number of carbonyl (C=O) groups is 1. The number of alkyl carbamates (subject to hydrolysis) is 1. The molecule has 1 aliphatic heterocycles. The van der Waals surface area contributed by atoms with Crippen LogP contribution < -0.4 is 5.32 Å². The van der Waals surface area contributed by atoms with E-state index in [0.717, 1.165) is 31.4 Å². The Morgan fingerprint density at radius 2 is 1.91 bits per heavy atom. The quantitative estimate of drug-likeness (QED) is 0.791. The molecular formula is C18H28N2O3. The second kappa shape index (κ2) is 8.89. The highest BCUT2D eigenvalue weighted by Gasteiger charge is 2.29. The lowest BCUT2D eigenvalue weighted by atomic mass is 9.95. The first-order valence-corrected chi connectivity index (χ1v) is 8.44. The van der Waals surface area contributed by atoms with Crippen molar-refractivity contribution in [2.24, 2.45) is 0 Å². The van der Waals surface area contributed by atoms with Crippen molar-refractivity contribution >= 4 is 6.09 Å². The van der Waals surface area contributed by atoms with Crippen LogP contribution in [0.25, 0.3) is 0 Å². The number of piperidine rings is 1. The maximum Gasteiger partial charge on any atom is 0.407 e. The van der Waals surface area contributed by atoms with Crippen LogP contribution in [-0.4, -0.2) is 47.4 Å². The minimum atomic E-state index is -0.371. The standard InChI is InChI=1S/C18H28N2O3/c1-14-11-17(21)12-15(2)20(14)10-6-9-19-18(22)23-13-16-7-4-3-5-8-16/h3-5,7-8,14-15,17,21H,6,9-13H2,1-2H3,(H,19,22). The van der Waals surface area contributed by atoms with E-state index in [2.05, 4.69) is 24.1 Å². The van der Waals surface area contributed by atoms with Gasteiger partial charge in [0.05, 0.1) is 6.10 Å². The molecule has 1 aromatic carbocycles. The molecule has 5 heteroatoms. The Hall–Kier alpha value is -1.59. The third-order valence-electron chi connectivity index (χ3n) is 4.43. The zero-order valence-corrected chi connectivity index (χ0v) is 14.1. The van der Waals surface area contributed by atoms with Gasteiger partial charge in [0.1, 0.15) is 6.61 Å². The Bertz CT molecular complexity index is 468. The number of benzene rings is 1. The van der Waals surface area contributed by atoms with E-state index in [4.69, 9.17) is 4.74 Å². The number of ether oxygens (including phenoxy) is 1. The molecule has 0 radical (unpaired) electrons. The van der Waals surface area contributed by atoms with E-state index in [1.807, 2.05) is 30.3 Å². The summed E-state index contributed by atoms with van der Waals surface area (Å²) in [5.74, 6) is 0. The molecule has 1 aliphatic rings. The van der Waals surface area contributed by atoms with Crippen molar-refractivity contribution in [2.45, 2.75) is 57.9 Å². The number of carbonyl (C=O) groups excluding carboxylic acids is 1. The van der Waals surface area contributed by atoms with Gasteiger partial charge in [-0.05, 0) is 38.7 Å². The first kappa shape index (κ1) is 17.8. The van der Waals surface area contributed by atoms with Crippen molar-refractivity contribution in [2.75, 3.05) is 13.1 Å². The first-order valence-electron chi connectivity index (χ1n) is 8.44. The summed E-state index contributed by atoms with van der Waals surface area (Å²) < 4.78 is 5.18. The molecule has 128 valence electrons. The van der Waals surface area contributed by atoms with Crippen LogP contribution in [0.3, 0.4) is 0 Å². The number of amides is 1. The van der Waals surface area contributed by atoms with Gasteiger partial charge in [0.2, 0.25) is 0 Å². The molecule has 1 saturated heterocycles. The molecule has 0 spiro atoms. The summed E-state index contributed by atoms with van der Waals surface area (Å²) in [6.45, 7) is 6.13. The van der Waals surface area contributed by atoms with Gasteiger partial charge in [0, 0.05) is 25.2 Å². The molecule has 5 nitrogen and oxygen atoms in total. The molecule has 23 heavy (non-hydrogen) atoms. The second-order valence-corrected chi connectivity index (χ2v) is 6.40.